The van der Waals surface area contributed by atoms with Crippen LogP contribution >= 0.6 is 11.3 Å². The number of aryl methyl sites for hydroxylation is 2. The van der Waals surface area contributed by atoms with Crippen molar-refractivity contribution in [2.75, 3.05) is 23.3 Å². The van der Waals surface area contributed by atoms with Gasteiger partial charge in [-0.1, -0.05) is 12.1 Å². The summed E-state index contributed by atoms with van der Waals surface area (Å²) in [6.45, 7) is 12.0. The molecule has 0 unspecified atom stereocenters. The van der Waals surface area contributed by atoms with Crippen LogP contribution in [0.1, 0.15) is 42.1 Å². The van der Waals surface area contributed by atoms with Crippen LogP contribution in [-0.2, 0) is 4.74 Å². The number of hydrogen-bond acceptors (Lipinski definition) is 4. The number of carbonyl (C=O) groups excluding carboxylic acids is 1. The summed E-state index contributed by atoms with van der Waals surface area (Å²) in [5.41, 5.74) is 3.03. The van der Waals surface area contributed by atoms with Crippen LogP contribution < -0.4 is 15.5 Å². The van der Waals surface area contributed by atoms with Crippen molar-refractivity contribution >= 4 is 28.7 Å². The summed E-state index contributed by atoms with van der Waals surface area (Å²) >= 11 is 1.76. The third-order valence-corrected chi connectivity index (χ3v) is 5.79. The fraction of sp³-hybridized carbons (Fsp3) is 0.476. The first-order chi connectivity index (χ1) is 12.8. The van der Waals surface area contributed by atoms with Gasteiger partial charge < -0.3 is 20.3 Å². The van der Waals surface area contributed by atoms with Crippen LogP contribution in [0.5, 0.6) is 0 Å². The van der Waals surface area contributed by atoms with Gasteiger partial charge in [0.05, 0.1) is 29.6 Å². The Hall–Kier alpha value is -2.05. The fourth-order valence-corrected chi connectivity index (χ4v) is 4.77. The van der Waals surface area contributed by atoms with Crippen LogP contribution in [0.4, 0.5) is 16.2 Å². The van der Waals surface area contributed by atoms with E-state index in [9.17, 15) is 4.79 Å². The maximum atomic E-state index is 12.6. The molecule has 2 aromatic rings. The SMILES string of the molecule is Cc1cc([C@@H](C)NC(=O)Nc2ccccc2N2C[C@@H](C)O[C@@H](C)C2)c(C)s1. The highest BCUT2D eigenvalue weighted by Gasteiger charge is 2.24. The van der Waals surface area contributed by atoms with Crippen molar-refractivity contribution in [2.45, 2.75) is 52.9 Å². The monoisotopic (exact) mass is 387 g/mol. The van der Waals surface area contributed by atoms with Crippen LogP contribution in [-0.4, -0.2) is 31.3 Å². The molecule has 2 heterocycles. The molecular formula is C21H29N3O2S. The van der Waals surface area contributed by atoms with Gasteiger partial charge in [0.2, 0.25) is 0 Å². The first kappa shape index (κ1) is 19.7. The molecule has 6 heteroatoms. The normalized spacial score (nSPS) is 21.0. The van der Waals surface area contributed by atoms with Gasteiger partial charge in [-0.15, -0.1) is 11.3 Å². The molecule has 3 atom stereocenters. The highest BCUT2D eigenvalue weighted by atomic mass is 32.1. The van der Waals surface area contributed by atoms with Crippen LogP contribution in [0.3, 0.4) is 0 Å². The summed E-state index contributed by atoms with van der Waals surface area (Å²) in [7, 11) is 0. The third kappa shape index (κ3) is 4.82. The molecule has 146 valence electrons. The number of amides is 2. The molecule has 27 heavy (non-hydrogen) atoms. The van der Waals surface area contributed by atoms with E-state index >= 15 is 0 Å². The molecule has 1 aliphatic heterocycles. The van der Waals surface area contributed by atoms with E-state index in [2.05, 4.69) is 55.4 Å². The largest absolute Gasteiger partial charge is 0.372 e. The Balaban J connectivity index is 1.70. The number of nitrogens with zero attached hydrogens (tertiary/aromatic N) is 1. The van der Waals surface area contributed by atoms with Crippen molar-refractivity contribution in [3.05, 3.63) is 45.6 Å². The minimum Gasteiger partial charge on any atom is -0.372 e. The average molecular weight is 388 g/mol. The lowest BCUT2D eigenvalue weighted by molar-refractivity contribution is -0.00517. The van der Waals surface area contributed by atoms with Crippen molar-refractivity contribution in [3.63, 3.8) is 0 Å². The molecule has 2 amide bonds. The Kier molecular flexibility index (Phi) is 6.07. The molecule has 3 rings (SSSR count). The van der Waals surface area contributed by atoms with E-state index in [0.29, 0.717) is 0 Å². The number of para-hydroxylation sites is 2. The quantitative estimate of drug-likeness (QED) is 0.788. The topological polar surface area (TPSA) is 53.6 Å². The molecule has 5 nitrogen and oxygen atoms in total. The second-order valence-corrected chi connectivity index (χ2v) is 8.83. The molecule has 0 spiro atoms. The number of anilines is 2. The number of benzene rings is 1. The van der Waals surface area contributed by atoms with Gasteiger partial charge in [0.15, 0.2) is 0 Å². The van der Waals surface area contributed by atoms with E-state index in [1.807, 2.05) is 25.1 Å². The van der Waals surface area contributed by atoms with Gasteiger partial charge in [-0.05, 0) is 58.4 Å². The zero-order valence-corrected chi connectivity index (χ0v) is 17.5. The first-order valence-corrected chi connectivity index (χ1v) is 10.3. The summed E-state index contributed by atoms with van der Waals surface area (Å²) < 4.78 is 5.83. The lowest BCUT2D eigenvalue weighted by Gasteiger charge is -2.37. The summed E-state index contributed by atoms with van der Waals surface area (Å²) in [5, 5.41) is 6.10. The average Bonchev–Trinajstić information content (AvgIpc) is 2.93. The van der Waals surface area contributed by atoms with E-state index in [1.165, 1.54) is 15.3 Å². The van der Waals surface area contributed by atoms with Crippen LogP contribution in [0.25, 0.3) is 0 Å². The van der Waals surface area contributed by atoms with Crippen LogP contribution in [0.15, 0.2) is 30.3 Å². The van der Waals surface area contributed by atoms with Gasteiger partial charge in [0.25, 0.3) is 0 Å². The van der Waals surface area contributed by atoms with E-state index in [1.54, 1.807) is 11.3 Å². The molecule has 0 radical (unpaired) electrons. The lowest BCUT2D eigenvalue weighted by Crippen LogP contribution is -2.45. The maximum Gasteiger partial charge on any atom is 0.319 e. The molecule has 0 saturated carbocycles. The Morgan fingerprint density at radius 3 is 2.52 bits per heavy atom. The minimum atomic E-state index is -0.187. The molecule has 1 saturated heterocycles. The zero-order chi connectivity index (χ0) is 19.6. The standard InChI is InChI=1S/C21H29N3O2S/c1-13-11-24(12-14(2)26-13)20-9-7-6-8-19(20)23-21(25)22-16(4)18-10-15(3)27-17(18)5/h6-10,13-14,16H,11-12H2,1-5H3,(H2,22,23,25)/t13-,14+,16-/m1/s1. The number of carbonyl (C=O) groups is 1. The Labute approximate surface area is 165 Å². The van der Waals surface area contributed by atoms with E-state index in [0.717, 1.165) is 24.5 Å². The van der Waals surface area contributed by atoms with Gasteiger partial charge in [-0.25, -0.2) is 4.79 Å². The zero-order valence-electron chi connectivity index (χ0n) is 16.7. The first-order valence-electron chi connectivity index (χ1n) is 9.47. The summed E-state index contributed by atoms with van der Waals surface area (Å²) in [4.78, 5) is 17.4. The van der Waals surface area contributed by atoms with E-state index in [-0.39, 0.29) is 24.3 Å². The van der Waals surface area contributed by atoms with Gasteiger partial charge >= 0.3 is 6.03 Å². The molecule has 0 aliphatic carbocycles. The highest BCUT2D eigenvalue weighted by molar-refractivity contribution is 7.12. The van der Waals surface area contributed by atoms with Gasteiger partial charge in [-0.2, -0.15) is 0 Å². The summed E-state index contributed by atoms with van der Waals surface area (Å²) in [5.74, 6) is 0. The van der Waals surface area contributed by atoms with Crippen molar-refractivity contribution in [1.82, 2.24) is 5.32 Å². The van der Waals surface area contributed by atoms with Gasteiger partial charge in [-0.3, -0.25) is 0 Å². The molecule has 1 aromatic heterocycles. The molecular weight excluding hydrogens is 358 g/mol. The number of urea groups is 1. The molecule has 2 N–H and O–H groups in total. The van der Waals surface area contributed by atoms with E-state index < -0.39 is 0 Å². The number of thiophene rings is 1. The number of morpholine rings is 1. The van der Waals surface area contributed by atoms with Crippen LogP contribution in [0, 0.1) is 13.8 Å². The van der Waals surface area contributed by atoms with Gasteiger partial charge in [0.1, 0.15) is 0 Å². The molecule has 1 aliphatic rings. The van der Waals surface area contributed by atoms with Crippen molar-refractivity contribution in [2.24, 2.45) is 0 Å². The lowest BCUT2D eigenvalue weighted by atomic mass is 10.1. The second kappa shape index (κ2) is 8.31. The molecule has 1 aromatic carbocycles. The maximum absolute atomic E-state index is 12.6. The number of hydrogen-bond donors (Lipinski definition) is 2. The van der Waals surface area contributed by atoms with Gasteiger partial charge in [0, 0.05) is 22.8 Å². The Morgan fingerprint density at radius 2 is 1.89 bits per heavy atom. The Morgan fingerprint density at radius 1 is 1.22 bits per heavy atom. The third-order valence-electron chi connectivity index (χ3n) is 4.81. The van der Waals surface area contributed by atoms with Crippen molar-refractivity contribution < 1.29 is 9.53 Å². The molecule has 1 fully saturated rings. The summed E-state index contributed by atoms with van der Waals surface area (Å²) in [6, 6.07) is 9.87. The minimum absolute atomic E-state index is 0.0365. The van der Waals surface area contributed by atoms with Crippen LogP contribution in [0.2, 0.25) is 0 Å². The Bertz CT molecular complexity index is 794. The predicted octanol–water partition coefficient (Wildman–Crippen LogP) is 4.86. The predicted molar refractivity (Wildman–Crippen MR) is 113 cm³/mol. The molecule has 0 bridgehead atoms. The second-order valence-electron chi connectivity index (χ2n) is 7.37. The van der Waals surface area contributed by atoms with Crippen molar-refractivity contribution in [3.8, 4) is 0 Å². The summed E-state index contributed by atoms with van der Waals surface area (Å²) in [6.07, 6.45) is 0.334. The number of nitrogens with one attached hydrogen (secondary N) is 2. The van der Waals surface area contributed by atoms with Crippen molar-refractivity contribution in [1.29, 1.82) is 0 Å². The highest BCUT2D eigenvalue weighted by Crippen LogP contribution is 2.29. The smallest absolute Gasteiger partial charge is 0.319 e. The van der Waals surface area contributed by atoms with E-state index in [4.69, 9.17) is 4.74 Å². The fourth-order valence-electron chi connectivity index (χ4n) is 3.74. The number of rotatable bonds is 4. The number of ether oxygens (including phenoxy) is 1.